The minimum Gasteiger partial charge on any atom is -0.351 e. The largest absolute Gasteiger partial charge is 0.351 e. The number of piperazine rings is 1. The summed E-state index contributed by atoms with van der Waals surface area (Å²) in [6.45, 7) is 10.8. The number of rotatable bonds is 5. The Balaban J connectivity index is 1.52. The molecule has 2 N–H and O–H groups in total. The lowest BCUT2D eigenvalue weighted by Crippen LogP contribution is -2.53. The second-order valence-corrected chi connectivity index (χ2v) is 9.33. The quantitative estimate of drug-likeness (QED) is 0.664. The van der Waals surface area contributed by atoms with Crippen LogP contribution in [0.4, 0.5) is 4.79 Å². The van der Waals surface area contributed by atoms with E-state index in [1.807, 2.05) is 6.92 Å². The van der Waals surface area contributed by atoms with Crippen molar-refractivity contribution in [3.05, 3.63) is 0 Å². The van der Waals surface area contributed by atoms with Crippen LogP contribution in [-0.2, 0) is 9.59 Å². The fourth-order valence-electron chi connectivity index (χ4n) is 5.15. The predicted octanol–water partition coefficient (Wildman–Crippen LogP) is 0.485. The molecule has 3 atom stereocenters. The number of urea groups is 1. The first kappa shape index (κ1) is 21.0. The Morgan fingerprint density at radius 2 is 1.79 bits per heavy atom. The lowest BCUT2D eigenvalue weighted by atomic mass is 9.71. The van der Waals surface area contributed by atoms with E-state index in [9.17, 15) is 14.4 Å². The van der Waals surface area contributed by atoms with E-state index in [0.717, 1.165) is 44.0 Å². The topological polar surface area (TPSA) is 85.0 Å². The Hall–Kier alpha value is -1.67. The van der Waals surface area contributed by atoms with Crippen LogP contribution in [0, 0.1) is 11.8 Å². The van der Waals surface area contributed by atoms with Crippen LogP contribution in [0.15, 0.2) is 0 Å². The molecular formula is C20H35N5O3. The zero-order valence-corrected chi connectivity index (χ0v) is 17.7. The summed E-state index contributed by atoms with van der Waals surface area (Å²) in [6, 6.07) is -0.464. The van der Waals surface area contributed by atoms with Crippen LogP contribution in [-0.4, -0.2) is 90.4 Å². The number of nitrogens with zero attached hydrogens (tertiary/aromatic N) is 3. The monoisotopic (exact) mass is 393 g/mol. The van der Waals surface area contributed by atoms with Crippen LogP contribution in [0.25, 0.3) is 0 Å². The molecular weight excluding hydrogens is 358 g/mol. The summed E-state index contributed by atoms with van der Waals surface area (Å²) >= 11 is 0. The number of imide groups is 1. The molecule has 8 heteroatoms. The maximum atomic E-state index is 13.0. The molecule has 0 aromatic carbocycles. The van der Waals surface area contributed by atoms with Crippen LogP contribution in [0.2, 0.25) is 0 Å². The third-order valence-corrected chi connectivity index (χ3v) is 6.28. The molecule has 8 nitrogen and oxygen atoms in total. The van der Waals surface area contributed by atoms with Crippen molar-refractivity contribution in [1.29, 1.82) is 0 Å². The highest BCUT2D eigenvalue weighted by Gasteiger charge is 2.54. The van der Waals surface area contributed by atoms with Gasteiger partial charge in [0.05, 0.1) is 0 Å². The van der Waals surface area contributed by atoms with Gasteiger partial charge in [0.15, 0.2) is 0 Å². The maximum Gasteiger partial charge on any atom is 0.325 e. The van der Waals surface area contributed by atoms with Crippen LogP contribution in [0.5, 0.6) is 0 Å². The normalized spacial score (nSPS) is 33.2. The van der Waals surface area contributed by atoms with Gasteiger partial charge in [0.25, 0.3) is 5.91 Å². The molecule has 0 radical (unpaired) electrons. The Labute approximate surface area is 168 Å². The molecule has 0 aromatic heterocycles. The number of carbonyl (C=O) groups is 3. The van der Waals surface area contributed by atoms with Crippen molar-refractivity contribution in [3.8, 4) is 0 Å². The molecule has 2 saturated heterocycles. The summed E-state index contributed by atoms with van der Waals surface area (Å²) in [4.78, 5) is 43.6. The van der Waals surface area contributed by atoms with Gasteiger partial charge in [-0.1, -0.05) is 13.8 Å². The summed E-state index contributed by atoms with van der Waals surface area (Å²) in [5.41, 5.74) is -0.820. The smallest absolute Gasteiger partial charge is 0.325 e. The lowest BCUT2D eigenvalue weighted by Gasteiger charge is -2.37. The summed E-state index contributed by atoms with van der Waals surface area (Å²) in [7, 11) is 2.11. The SMILES string of the molecule is CC1CC(C)CC2(C1)NC(=O)N(CC(=O)NC(C)CN1CCN(C)CC1)C2=O. The average Bonchev–Trinajstić information content (AvgIpc) is 2.79. The van der Waals surface area contributed by atoms with Gasteiger partial charge in [0, 0.05) is 38.8 Å². The molecule has 1 saturated carbocycles. The van der Waals surface area contributed by atoms with Gasteiger partial charge < -0.3 is 15.5 Å². The summed E-state index contributed by atoms with van der Waals surface area (Å²) in [6.07, 6.45) is 2.37. The van der Waals surface area contributed by atoms with Gasteiger partial charge in [0.2, 0.25) is 5.91 Å². The van der Waals surface area contributed by atoms with E-state index in [1.165, 1.54) is 0 Å². The van der Waals surface area contributed by atoms with Gasteiger partial charge in [-0.25, -0.2) is 4.79 Å². The van der Waals surface area contributed by atoms with Crippen LogP contribution >= 0.6 is 0 Å². The summed E-state index contributed by atoms with van der Waals surface area (Å²) in [5.74, 6) is 0.243. The lowest BCUT2D eigenvalue weighted by molar-refractivity contribution is -0.137. The summed E-state index contributed by atoms with van der Waals surface area (Å²) < 4.78 is 0. The van der Waals surface area contributed by atoms with Crippen LogP contribution in [0.1, 0.15) is 40.0 Å². The second-order valence-electron chi connectivity index (χ2n) is 9.33. The molecule has 158 valence electrons. The highest BCUT2D eigenvalue weighted by Crippen LogP contribution is 2.39. The predicted molar refractivity (Wildman–Crippen MR) is 107 cm³/mol. The maximum absolute atomic E-state index is 13.0. The van der Waals surface area contributed by atoms with Gasteiger partial charge in [0.1, 0.15) is 12.1 Å². The van der Waals surface area contributed by atoms with E-state index in [1.54, 1.807) is 0 Å². The van der Waals surface area contributed by atoms with Crippen molar-refractivity contribution >= 4 is 17.8 Å². The molecule has 0 bridgehead atoms. The van der Waals surface area contributed by atoms with E-state index in [0.29, 0.717) is 24.7 Å². The van der Waals surface area contributed by atoms with E-state index >= 15 is 0 Å². The first-order valence-corrected chi connectivity index (χ1v) is 10.5. The number of hydrogen-bond donors (Lipinski definition) is 2. The second kappa shape index (κ2) is 8.37. The minimum atomic E-state index is -0.820. The molecule has 3 rings (SSSR count). The molecule has 1 spiro atoms. The highest BCUT2D eigenvalue weighted by atomic mass is 16.2. The van der Waals surface area contributed by atoms with Gasteiger partial charge >= 0.3 is 6.03 Å². The Kier molecular flexibility index (Phi) is 6.29. The van der Waals surface area contributed by atoms with Gasteiger partial charge in [-0.15, -0.1) is 0 Å². The number of nitrogens with one attached hydrogen (secondary N) is 2. The highest BCUT2D eigenvalue weighted by molar-refractivity contribution is 6.09. The van der Waals surface area contributed by atoms with Gasteiger partial charge in [-0.05, 0) is 45.1 Å². The molecule has 3 fully saturated rings. The number of carbonyl (C=O) groups excluding carboxylic acids is 3. The van der Waals surface area contributed by atoms with Crippen LogP contribution < -0.4 is 10.6 Å². The Bertz CT molecular complexity index is 607. The van der Waals surface area contributed by atoms with Crippen molar-refractivity contribution in [1.82, 2.24) is 25.3 Å². The average molecular weight is 394 g/mol. The molecule has 3 unspecified atom stereocenters. The van der Waals surface area contributed by atoms with E-state index in [-0.39, 0.29) is 24.4 Å². The van der Waals surface area contributed by atoms with Crippen molar-refractivity contribution < 1.29 is 14.4 Å². The van der Waals surface area contributed by atoms with Gasteiger partial charge in [-0.3, -0.25) is 19.4 Å². The van der Waals surface area contributed by atoms with Crippen molar-refractivity contribution in [2.75, 3.05) is 46.3 Å². The molecule has 3 aliphatic rings. The van der Waals surface area contributed by atoms with E-state index in [4.69, 9.17) is 0 Å². The zero-order chi connectivity index (χ0) is 20.5. The minimum absolute atomic E-state index is 0.0274. The van der Waals surface area contributed by atoms with E-state index in [2.05, 4.69) is 41.3 Å². The molecule has 0 aromatic rings. The standard InChI is InChI=1S/C20H35N5O3/c1-14-9-15(2)11-20(10-14)18(27)25(19(28)22-20)13-17(26)21-16(3)12-24-7-5-23(4)6-8-24/h14-16H,5-13H2,1-4H3,(H,21,26)(H,22,28). The fraction of sp³-hybridized carbons (Fsp3) is 0.850. The van der Waals surface area contributed by atoms with Gasteiger partial charge in [-0.2, -0.15) is 0 Å². The Morgan fingerprint density at radius 1 is 1.18 bits per heavy atom. The Morgan fingerprint density at radius 3 is 2.39 bits per heavy atom. The molecule has 1 aliphatic carbocycles. The number of amides is 4. The first-order chi connectivity index (χ1) is 13.2. The van der Waals surface area contributed by atoms with E-state index < -0.39 is 11.6 Å². The van der Waals surface area contributed by atoms with Crippen LogP contribution in [0.3, 0.4) is 0 Å². The third kappa shape index (κ3) is 4.66. The zero-order valence-electron chi connectivity index (χ0n) is 17.7. The molecule has 2 aliphatic heterocycles. The number of likely N-dealkylation sites (N-methyl/N-ethyl adjacent to an activating group) is 1. The fourth-order valence-corrected chi connectivity index (χ4v) is 5.15. The molecule has 28 heavy (non-hydrogen) atoms. The number of hydrogen-bond acceptors (Lipinski definition) is 5. The third-order valence-electron chi connectivity index (χ3n) is 6.28. The van der Waals surface area contributed by atoms with Crippen molar-refractivity contribution in [2.45, 2.75) is 51.6 Å². The summed E-state index contributed by atoms with van der Waals surface area (Å²) in [5, 5.41) is 5.85. The molecule has 2 heterocycles. The first-order valence-electron chi connectivity index (χ1n) is 10.5. The molecule has 4 amide bonds. The van der Waals surface area contributed by atoms with Crippen molar-refractivity contribution in [2.24, 2.45) is 11.8 Å². The van der Waals surface area contributed by atoms with Crippen molar-refractivity contribution in [3.63, 3.8) is 0 Å².